The molecule has 2 heterocycles. The summed E-state index contributed by atoms with van der Waals surface area (Å²) in [4.78, 5) is 23.4. The number of nitrogens with two attached hydrogens (primary N) is 1. The van der Waals surface area contributed by atoms with Crippen molar-refractivity contribution in [2.75, 3.05) is 17.2 Å². The molecule has 2 atom stereocenters. The number of nitrogens with zero attached hydrogens (tertiary/aromatic N) is 4. The Hall–Kier alpha value is -1.76. The van der Waals surface area contributed by atoms with Gasteiger partial charge in [-0.3, -0.25) is 4.90 Å². The van der Waals surface area contributed by atoms with E-state index in [0.29, 0.717) is 12.4 Å². The third-order valence-electron chi connectivity index (χ3n) is 4.14. The van der Waals surface area contributed by atoms with E-state index < -0.39 is 11.6 Å². The van der Waals surface area contributed by atoms with Gasteiger partial charge < -0.3 is 15.7 Å². The molecule has 128 valence electrons. The second kappa shape index (κ2) is 6.39. The number of carboxylic acid groups (broad SMARTS) is 1. The fraction of sp³-hybridized carbons (Fsp3) is 0.667. The van der Waals surface area contributed by atoms with Crippen molar-refractivity contribution in [3.8, 4) is 0 Å². The van der Waals surface area contributed by atoms with Gasteiger partial charge in [0.05, 0.1) is 6.04 Å². The van der Waals surface area contributed by atoms with Crippen molar-refractivity contribution in [3.63, 3.8) is 0 Å². The van der Waals surface area contributed by atoms with Crippen molar-refractivity contribution in [1.82, 2.24) is 14.9 Å². The second-order valence-electron chi connectivity index (χ2n) is 6.96. The molecule has 3 N–H and O–H groups in total. The van der Waals surface area contributed by atoms with Gasteiger partial charge >= 0.3 is 6.09 Å². The molecule has 0 radical (unpaired) electrons. The monoisotopic (exact) mass is 341 g/mol. The zero-order chi connectivity index (χ0) is 17.4. The molecule has 1 aromatic heterocycles. The van der Waals surface area contributed by atoms with Gasteiger partial charge in [0.25, 0.3) is 0 Å². The average Bonchev–Trinajstić information content (AvgIpc) is 2.37. The molecular weight excluding hydrogens is 318 g/mol. The van der Waals surface area contributed by atoms with Crippen LogP contribution in [0, 0.1) is 0 Å². The summed E-state index contributed by atoms with van der Waals surface area (Å²) in [7, 11) is 0. The molecule has 0 aliphatic carbocycles. The minimum absolute atomic E-state index is 0.112. The molecule has 2 rings (SSSR count). The number of rotatable bonds is 2. The van der Waals surface area contributed by atoms with Gasteiger partial charge in [0.15, 0.2) is 0 Å². The smallest absolute Gasteiger partial charge is 0.408 e. The highest BCUT2D eigenvalue weighted by Gasteiger charge is 2.38. The number of carbonyl (C=O) groups is 1. The van der Waals surface area contributed by atoms with Crippen LogP contribution in [-0.2, 0) is 0 Å². The van der Waals surface area contributed by atoms with Crippen LogP contribution in [0.25, 0.3) is 0 Å². The number of anilines is 2. The highest BCUT2D eigenvalue weighted by molar-refractivity contribution is 6.29. The molecule has 1 aliphatic heterocycles. The van der Waals surface area contributed by atoms with Gasteiger partial charge in [0.2, 0.25) is 5.95 Å². The SMILES string of the molecule is C[C@H]1CC[C@@H](N(C(=O)O)C(C)(C)C)CN1c1cc(Cl)nc(N)n1. The molecule has 1 aromatic rings. The van der Waals surface area contributed by atoms with Crippen LogP contribution in [0.1, 0.15) is 40.5 Å². The van der Waals surface area contributed by atoms with E-state index >= 15 is 0 Å². The summed E-state index contributed by atoms with van der Waals surface area (Å²) in [6.45, 7) is 8.36. The maximum absolute atomic E-state index is 11.7. The average molecular weight is 342 g/mol. The molecule has 1 amide bonds. The lowest BCUT2D eigenvalue weighted by Gasteiger charge is -2.46. The van der Waals surface area contributed by atoms with Gasteiger partial charge in [-0.1, -0.05) is 11.6 Å². The summed E-state index contributed by atoms with van der Waals surface area (Å²) in [5, 5.41) is 9.90. The van der Waals surface area contributed by atoms with Gasteiger partial charge in [-0.25, -0.2) is 9.78 Å². The quantitative estimate of drug-likeness (QED) is 0.803. The Kier molecular flexibility index (Phi) is 4.89. The van der Waals surface area contributed by atoms with Crippen molar-refractivity contribution in [1.29, 1.82) is 0 Å². The van der Waals surface area contributed by atoms with E-state index in [9.17, 15) is 9.90 Å². The van der Waals surface area contributed by atoms with Crippen molar-refractivity contribution in [2.24, 2.45) is 0 Å². The molecule has 0 unspecified atom stereocenters. The molecule has 7 nitrogen and oxygen atoms in total. The minimum atomic E-state index is -0.905. The van der Waals surface area contributed by atoms with Crippen LogP contribution < -0.4 is 10.6 Å². The van der Waals surface area contributed by atoms with Crippen LogP contribution in [0.5, 0.6) is 0 Å². The van der Waals surface area contributed by atoms with Crippen molar-refractivity contribution in [2.45, 2.75) is 58.2 Å². The zero-order valence-corrected chi connectivity index (χ0v) is 14.7. The summed E-state index contributed by atoms with van der Waals surface area (Å²) in [6.07, 6.45) is 0.777. The number of hydrogen-bond donors (Lipinski definition) is 2. The molecule has 1 fully saturated rings. The summed E-state index contributed by atoms with van der Waals surface area (Å²) in [6, 6.07) is 1.78. The lowest BCUT2D eigenvalue weighted by atomic mass is 9.94. The topological polar surface area (TPSA) is 95.6 Å². The number of amides is 1. The van der Waals surface area contributed by atoms with Crippen molar-refractivity contribution < 1.29 is 9.90 Å². The standard InChI is InChI=1S/C15H24ClN5O2/c1-9-5-6-10(21(14(22)23)15(2,3)4)8-20(9)12-7-11(16)18-13(17)19-12/h7,9-10H,5-6,8H2,1-4H3,(H,22,23)(H2,17,18,19)/t9-,10+/m0/s1. The fourth-order valence-corrected chi connectivity index (χ4v) is 3.36. The van der Waals surface area contributed by atoms with Crippen LogP contribution in [0.2, 0.25) is 5.15 Å². The van der Waals surface area contributed by atoms with Gasteiger partial charge in [-0.15, -0.1) is 0 Å². The first kappa shape index (κ1) is 17.6. The number of hydrogen-bond acceptors (Lipinski definition) is 5. The van der Waals surface area contributed by atoms with E-state index in [1.807, 2.05) is 20.8 Å². The first-order valence-electron chi connectivity index (χ1n) is 7.68. The largest absolute Gasteiger partial charge is 0.465 e. The Labute approximate surface area is 141 Å². The molecule has 0 bridgehead atoms. The number of piperidine rings is 1. The Balaban J connectivity index is 2.30. The summed E-state index contributed by atoms with van der Waals surface area (Å²) < 4.78 is 0. The minimum Gasteiger partial charge on any atom is -0.465 e. The predicted octanol–water partition coefficient (Wildman–Crippen LogP) is 2.85. The molecule has 1 aliphatic rings. The molecule has 0 aromatic carbocycles. The van der Waals surface area contributed by atoms with Crippen LogP contribution >= 0.6 is 11.6 Å². The lowest BCUT2D eigenvalue weighted by Crippen LogP contribution is -2.58. The van der Waals surface area contributed by atoms with Gasteiger partial charge in [-0.2, -0.15) is 4.98 Å². The summed E-state index contributed by atoms with van der Waals surface area (Å²) in [5.41, 5.74) is 5.22. The van der Waals surface area contributed by atoms with Crippen molar-refractivity contribution >= 4 is 29.5 Å². The highest BCUT2D eigenvalue weighted by Crippen LogP contribution is 2.30. The maximum atomic E-state index is 11.7. The Bertz CT molecular complexity index is 569. The Morgan fingerprint density at radius 1 is 1.43 bits per heavy atom. The summed E-state index contributed by atoms with van der Waals surface area (Å²) in [5.74, 6) is 0.756. The molecule has 1 saturated heterocycles. The second-order valence-corrected chi connectivity index (χ2v) is 7.35. The first-order valence-corrected chi connectivity index (χ1v) is 8.06. The Morgan fingerprint density at radius 2 is 2.09 bits per heavy atom. The van der Waals surface area contributed by atoms with E-state index in [1.54, 1.807) is 6.07 Å². The van der Waals surface area contributed by atoms with Gasteiger partial charge in [-0.05, 0) is 40.5 Å². The third-order valence-corrected chi connectivity index (χ3v) is 4.34. The third kappa shape index (κ3) is 3.96. The van der Waals surface area contributed by atoms with Crippen LogP contribution in [0.3, 0.4) is 0 Å². The molecule has 0 saturated carbocycles. The highest BCUT2D eigenvalue weighted by atomic mass is 35.5. The number of nitrogen functional groups attached to an aromatic ring is 1. The van der Waals surface area contributed by atoms with E-state index in [-0.39, 0.29) is 23.2 Å². The van der Waals surface area contributed by atoms with E-state index in [2.05, 4.69) is 21.8 Å². The number of halogens is 1. The number of aromatic nitrogens is 2. The van der Waals surface area contributed by atoms with E-state index in [1.165, 1.54) is 4.90 Å². The van der Waals surface area contributed by atoms with E-state index in [4.69, 9.17) is 17.3 Å². The van der Waals surface area contributed by atoms with Crippen molar-refractivity contribution in [3.05, 3.63) is 11.2 Å². The lowest BCUT2D eigenvalue weighted by molar-refractivity contribution is 0.0621. The zero-order valence-electron chi connectivity index (χ0n) is 14.0. The van der Waals surface area contributed by atoms with Crippen LogP contribution in [-0.4, -0.2) is 50.2 Å². The van der Waals surface area contributed by atoms with Crippen LogP contribution in [0.15, 0.2) is 6.07 Å². The Morgan fingerprint density at radius 3 is 2.61 bits per heavy atom. The molecular formula is C15H24ClN5O2. The van der Waals surface area contributed by atoms with Crippen LogP contribution in [0.4, 0.5) is 16.6 Å². The maximum Gasteiger partial charge on any atom is 0.408 e. The van der Waals surface area contributed by atoms with Gasteiger partial charge in [0.1, 0.15) is 11.0 Å². The normalized spacial score (nSPS) is 22.0. The van der Waals surface area contributed by atoms with E-state index in [0.717, 1.165) is 12.8 Å². The van der Waals surface area contributed by atoms with Gasteiger partial charge in [0, 0.05) is 24.2 Å². The molecule has 8 heteroatoms. The summed E-state index contributed by atoms with van der Waals surface area (Å²) >= 11 is 5.98. The first-order chi connectivity index (χ1) is 10.6. The molecule has 23 heavy (non-hydrogen) atoms. The molecule has 0 spiro atoms. The fourth-order valence-electron chi connectivity index (χ4n) is 3.18. The predicted molar refractivity (Wildman–Crippen MR) is 90.9 cm³/mol.